The van der Waals surface area contributed by atoms with Crippen LogP contribution in [0.15, 0.2) is 35.7 Å². The summed E-state index contributed by atoms with van der Waals surface area (Å²) in [6.45, 7) is 2.38. The summed E-state index contributed by atoms with van der Waals surface area (Å²) in [6, 6.07) is 8.81. The Morgan fingerprint density at radius 3 is 2.52 bits per heavy atom. The van der Waals surface area contributed by atoms with Gasteiger partial charge in [-0.05, 0) is 30.5 Å². The van der Waals surface area contributed by atoms with E-state index in [1.807, 2.05) is 17.5 Å². The molecule has 2 aromatic rings. The third-order valence-electron chi connectivity index (χ3n) is 3.37. The lowest BCUT2D eigenvalue weighted by Gasteiger charge is -2.20. The van der Waals surface area contributed by atoms with Crippen molar-refractivity contribution >= 4 is 46.4 Å². The molecule has 0 saturated carbocycles. The molecule has 1 aromatic carbocycles. The lowest BCUT2D eigenvalue weighted by Crippen LogP contribution is -2.42. The molecule has 0 saturated heterocycles. The Kier molecular flexibility index (Phi) is 7.55. The van der Waals surface area contributed by atoms with E-state index in [-0.39, 0.29) is 30.7 Å². The van der Waals surface area contributed by atoms with Gasteiger partial charge in [0.05, 0.1) is 23.1 Å². The summed E-state index contributed by atoms with van der Waals surface area (Å²) in [4.78, 5) is 26.8. The van der Waals surface area contributed by atoms with Crippen molar-refractivity contribution in [3.05, 3.63) is 50.6 Å². The predicted octanol–water partition coefficient (Wildman–Crippen LogP) is 3.60. The molecule has 2 rings (SSSR count). The number of rotatable bonds is 8. The van der Waals surface area contributed by atoms with Crippen LogP contribution in [0.25, 0.3) is 0 Å². The fourth-order valence-electron chi connectivity index (χ4n) is 2.05. The van der Waals surface area contributed by atoms with E-state index in [0.717, 1.165) is 4.88 Å². The van der Waals surface area contributed by atoms with E-state index < -0.39 is 0 Å². The van der Waals surface area contributed by atoms with Crippen LogP contribution in [0.3, 0.4) is 0 Å². The molecule has 1 heterocycles. The predicted molar refractivity (Wildman–Crippen MR) is 100 cm³/mol. The molecule has 5 nitrogen and oxygen atoms in total. The van der Waals surface area contributed by atoms with E-state index >= 15 is 0 Å². The largest absolute Gasteiger partial charge is 0.481 e. The zero-order chi connectivity index (χ0) is 18.2. The number of benzene rings is 1. The van der Waals surface area contributed by atoms with E-state index in [1.165, 1.54) is 4.90 Å². The second kappa shape index (κ2) is 9.65. The van der Waals surface area contributed by atoms with Gasteiger partial charge in [-0.2, -0.15) is 0 Å². The standard InChI is InChI=1S/C17H18Cl2N2O3S/c1-2-21(10-15(22)20-9-12-5-4-8-25-12)16(23)11-24-17-13(18)6-3-7-14(17)19/h3-8H,2,9-11H2,1H3,(H,20,22). The Morgan fingerprint density at radius 1 is 1.20 bits per heavy atom. The van der Waals surface area contributed by atoms with Crippen molar-refractivity contribution in [1.29, 1.82) is 0 Å². The van der Waals surface area contributed by atoms with Crippen molar-refractivity contribution in [2.75, 3.05) is 19.7 Å². The van der Waals surface area contributed by atoms with Crippen LogP contribution in [0.2, 0.25) is 10.0 Å². The molecule has 0 radical (unpaired) electrons. The first-order valence-corrected chi connectivity index (χ1v) is 9.28. The summed E-state index contributed by atoms with van der Waals surface area (Å²) < 4.78 is 5.43. The third kappa shape index (κ3) is 5.92. The Hall–Kier alpha value is -1.76. The fourth-order valence-corrected chi connectivity index (χ4v) is 3.20. The average Bonchev–Trinajstić information content (AvgIpc) is 3.10. The van der Waals surface area contributed by atoms with Gasteiger partial charge in [-0.15, -0.1) is 11.3 Å². The van der Waals surface area contributed by atoms with Crippen LogP contribution in [0.5, 0.6) is 5.75 Å². The highest BCUT2D eigenvalue weighted by Crippen LogP contribution is 2.32. The Morgan fingerprint density at radius 2 is 1.92 bits per heavy atom. The maximum Gasteiger partial charge on any atom is 0.260 e. The van der Waals surface area contributed by atoms with Gasteiger partial charge in [-0.25, -0.2) is 0 Å². The number of hydrogen-bond acceptors (Lipinski definition) is 4. The van der Waals surface area contributed by atoms with Crippen LogP contribution in [0.4, 0.5) is 0 Å². The summed E-state index contributed by atoms with van der Waals surface area (Å²) >= 11 is 13.6. The number of hydrogen-bond donors (Lipinski definition) is 1. The molecule has 1 N–H and O–H groups in total. The van der Waals surface area contributed by atoms with Crippen molar-refractivity contribution in [2.24, 2.45) is 0 Å². The SMILES string of the molecule is CCN(CC(=O)NCc1cccs1)C(=O)COc1c(Cl)cccc1Cl. The van der Waals surface area contributed by atoms with Crippen molar-refractivity contribution in [3.8, 4) is 5.75 Å². The molecule has 0 fully saturated rings. The minimum absolute atomic E-state index is 0.0275. The second-order valence-electron chi connectivity index (χ2n) is 5.10. The average molecular weight is 401 g/mol. The van der Waals surface area contributed by atoms with Crippen molar-refractivity contribution in [2.45, 2.75) is 13.5 Å². The summed E-state index contributed by atoms with van der Waals surface area (Å²) in [5.74, 6) is -0.276. The first-order chi connectivity index (χ1) is 12.0. The zero-order valence-corrected chi connectivity index (χ0v) is 16.0. The Labute approximate surface area is 160 Å². The number of carbonyl (C=O) groups is 2. The number of thiophene rings is 1. The highest BCUT2D eigenvalue weighted by molar-refractivity contribution is 7.09. The number of nitrogens with one attached hydrogen (secondary N) is 1. The third-order valence-corrected chi connectivity index (χ3v) is 4.84. The highest BCUT2D eigenvalue weighted by atomic mass is 35.5. The van der Waals surface area contributed by atoms with Gasteiger partial charge in [0.15, 0.2) is 12.4 Å². The van der Waals surface area contributed by atoms with E-state index in [9.17, 15) is 9.59 Å². The van der Waals surface area contributed by atoms with E-state index in [1.54, 1.807) is 36.5 Å². The Balaban J connectivity index is 1.84. The molecular formula is C17H18Cl2N2O3S. The first kappa shape index (κ1) is 19.6. The lowest BCUT2D eigenvalue weighted by molar-refractivity contribution is -0.137. The molecular weight excluding hydrogens is 383 g/mol. The second-order valence-corrected chi connectivity index (χ2v) is 6.95. The molecule has 8 heteroatoms. The maximum atomic E-state index is 12.3. The minimum Gasteiger partial charge on any atom is -0.481 e. The number of nitrogens with zero attached hydrogens (tertiary/aromatic N) is 1. The molecule has 0 spiro atoms. The van der Waals surface area contributed by atoms with Gasteiger partial charge in [0.1, 0.15) is 0 Å². The quantitative estimate of drug-likeness (QED) is 0.736. The van der Waals surface area contributed by atoms with E-state index in [0.29, 0.717) is 23.1 Å². The van der Waals surface area contributed by atoms with Gasteiger partial charge in [0.2, 0.25) is 5.91 Å². The smallest absolute Gasteiger partial charge is 0.260 e. The maximum absolute atomic E-state index is 12.3. The fraction of sp³-hybridized carbons (Fsp3) is 0.294. The lowest BCUT2D eigenvalue weighted by atomic mass is 10.3. The molecule has 2 amide bonds. The van der Waals surface area contributed by atoms with Gasteiger partial charge in [0.25, 0.3) is 5.91 Å². The zero-order valence-electron chi connectivity index (χ0n) is 13.6. The molecule has 25 heavy (non-hydrogen) atoms. The van der Waals surface area contributed by atoms with Crippen LogP contribution in [-0.4, -0.2) is 36.4 Å². The molecule has 0 aliphatic heterocycles. The molecule has 0 atom stereocenters. The molecule has 1 aromatic heterocycles. The monoisotopic (exact) mass is 400 g/mol. The van der Waals surface area contributed by atoms with Gasteiger partial charge >= 0.3 is 0 Å². The first-order valence-electron chi connectivity index (χ1n) is 7.65. The van der Waals surface area contributed by atoms with Crippen molar-refractivity contribution in [3.63, 3.8) is 0 Å². The minimum atomic E-state index is -0.315. The van der Waals surface area contributed by atoms with E-state index in [2.05, 4.69) is 5.32 Å². The topological polar surface area (TPSA) is 58.6 Å². The molecule has 0 aliphatic carbocycles. The van der Waals surface area contributed by atoms with Crippen LogP contribution < -0.4 is 10.1 Å². The van der Waals surface area contributed by atoms with Gasteiger partial charge in [-0.3, -0.25) is 9.59 Å². The number of ether oxygens (including phenoxy) is 1. The molecule has 0 aliphatic rings. The number of likely N-dealkylation sites (N-methyl/N-ethyl adjacent to an activating group) is 1. The summed E-state index contributed by atoms with van der Waals surface area (Å²) in [7, 11) is 0. The van der Waals surface area contributed by atoms with Crippen LogP contribution in [0.1, 0.15) is 11.8 Å². The molecule has 0 bridgehead atoms. The van der Waals surface area contributed by atoms with Crippen LogP contribution in [-0.2, 0) is 16.1 Å². The number of carbonyl (C=O) groups excluding carboxylic acids is 2. The van der Waals surface area contributed by atoms with Crippen molar-refractivity contribution in [1.82, 2.24) is 10.2 Å². The van der Waals surface area contributed by atoms with Gasteiger partial charge < -0.3 is 15.0 Å². The normalized spacial score (nSPS) is 10.4. The van der Waals surface area contributed by atoms with Crippen LogP contribution >= 0.6 is 34.5 Å². The number of halogens is 2. The van der Waals surface area contributed by atoms with Gasteiger partial charge in [-0.1, -0.05) is 35.3 Å². The summed E-state index contributed by atoms with van der Waals surface area (Å²) in [5, 5.41) is 5.40. The molecule has 0 unspecified atom stereocenters. The summed E-state index contributed by atoms with van der Waals surface area (Å²) in [6.07, 6.45) is 0. The van der Waals surface area contributed by atoms with Crippen LogP contribution in [0, 0.1) is 0 Å². The number of para-hydroxylation sites is 1. The van der Waals surface area contributed by atoms with E-state index in [4.69, 9.17) is 27.9 Å². The number of amides is 2. The Bertz CT molecular complexity index is 702. The highest BCUT2D eigenvalue weighted by Gasteiger charge is 2.17. The van der Waals surface area contributed by atoms with Crippen molar-refractivity contribution < 1.29 is 14.3 Å². The summed E-state index contributed by atoms with van der Waals surface area (Å²) in [5.41, 5.74) is 0. The van der Waals surface area contributed by atoms with Gasteiger partial charge in [0, 0.05) is 11.4 Å². The molecule has 134 valence electrons.